The molecule has 0 saturated carbocycles. The van der Waals surface area contributed by atoms with Gasteiger partial charge in [-0.15, -0.1) is 22.7 Å². The smallest absolute Gasteiger partial charge is 0.226 e. The SMILES string of the molecule is CC1CN(Cc2csc(NC(=O)CCC(=O)N3CCc4sccc4C3)n2)CC(C)O1. The number of morpholine rings is 1. The fraction of sp³-hybridized carbons (Fsp3) is 0.571. The highest BCUT2D eigenvalue weighted by Gasteiger charge is 2.24. The first-order chi connectivity index (χ1) is 14.5. The van der Waals surface area contributed by atoms with E-state index in [9.17, 15) is 9.59 Å². The number of carbonyl (C=O) groups is 2. The van der Waals surface area contributed by atoms with Crippen LogP contribution >= 0.6 is 22.7 Å². The number of carbonyl (C=O) groups excluding carboxylic acids is 2. The van der Waals surface area contributed by atoms with E-state index in [1.54, 1.807) is 11.3 Å². The second-order valence-electron chi connectivity index (χ2n) is 8.08. The van der Waals surface area contributed by atoms with Crippen LogP contribution in [-0.4, -0.2) is 58.4 Å². The first-order valence-corrected chi connectivity index (χ1v) is 12.2. The Hall–Kier alpha value is -1.81. The Balaban J connectivity index is 1.21. The third kappa shape index (κ3) is 5.46. The van der Waals surface area contributed by atoms with Crippen molar-refractivity contribution < 1.29 is 14.3 Å². The molecule has 2 atom stereocenters. The van der Waals surface area contributed by atoms with Crippen LogP contribution in [0.25, 0.3) is 0 Å². The molecule has 2 aliphatic heterocycles. The van der Waals surface area contributed by atoms with Crippen LogP contribution < -0.4 is 5.32 Å². The summed E-state index contributed by atoms with van der Waals surface area (Å²) < 4.78 is 5.77. The molecule has 1 fully saturated rings. The van der Waals surface area contributed by atoms with Gasteiger partial charge in [-0.3, -0.25) is 14.5 Å². The Labute approximate surface area is 185 Å². The van der Waals surface area contributed by atoms with Crippen molar-refractivity contribution in [2.45, 2.75) is 58.4 Å². The van der Waals surface area contributed by atoms with Gasteiger partial charge in [0.15, 0.2) is 5.13 Å². The molecule has 0 radical (unpaired) electrons. The second kappa shape index (κ2) is 9.55. The van der Waals surface area contributed by atoms with Gasteiger partial charge in [-0.05, 0) is 37.3 Å². The quantitative estimate of drug-likeness (QED) is 0.735. The molecular formula is C21H28N4O3S2. The zero-order valence-electron chi connectivity index (χ0n) is 17.4. The molecule has 30 heavy (non-hydrogen) atoms. The number of hydrogen-bond donors (Lipinski definition) is 1. The zero-order chi connectivity index (χ0) is 21.1. The normalized spacial score (nSPS) is 22.0. The number of aromatic nitrogens is 1. The summed E-state index contributed by atoms with van der Waals surface area (Å²) in [7, 11) is 0. The number of thiazole rings is 1. The minimum absolute atomic E-state index is 0.0392. The summed E-state index contributed by atoms with van der Waals surface area (Å²) in [5.74, 6) is -0.122. The molecule has 2 amide bonds. The highest BCUT2D eigenvalue weighted by molar-refractivity contribution is 7.13. The average Bonchev–Trinajstić information content (AvgIpc) is 3.33. The Bertz CT molecular complexity index is 886. The van der Waals surface area contributed by atoms with Gasteiger partial charge in [0.05, 0.1) is 17.9 Å². The molecule has 1 N–H and O–H groups in total. The molecule has 0 bridgehead atoms. The zero-order valence-corrected chi connectivity index (χ0v) is 19.1. The molecule has 4 rings (SSSR count). The van der Waals surface area contributed by atoms with Crippen LogP contribution in [0.15, 0.2) is 16.8 Å². The van der Waals surface area contributed by atoms with Crippen molar-refractivity contribution in [3.8, 4) is 0 Å². The molecule has 2 unspecified atom stereocenters. The predicted octanol–water partition coefficient (Wildman–Crippen LogP) is 3.12. The lowest BCUT2D eigenvalue weighted by atomic mass is 10.1. The predicted molar refractivity (Wildman–Crippen MR) is 119 cm³/mol. The molecule has 2 aliphatic rings. The van der Waals surface area contributed by atoms with Crippen molar-refractivity contribution in [2.75, 3.05) is 25.0 Å². The Kier molecular flexibility index (Phi) is 6.82. The van der Waals surface area contributed by atoms with Gasteiger partial charge in [-0.2, -0.15) is 0 Å². The van der Waals surface area contributed by atoms with Gasteiger partial charge in [0.1, 0.15) is 0 Å². The van der Waals surface area contributed by atoms with Crippen molar-refractivity contribution in [3.05, 3.63) is 33.0 Å². The van der Waals surface area contributed by atoms with Crippen LogP contribution in [-0.2, 0) is 33.8 Å². The molecule has 9 heteroatoms. The number of thiophene rings is 1. The van der Waals surface area contributed by atoms with E-state index >= 15 is 0 Å². The summed E-state index contributed by atoms with van der Waals surface area (Å²) in [6, 6.07) is 2.09. The van der Waals surface area contributed by atoms with Crippen molar-refractivity contribution in [1.29, 1.82) is 0 Å². The number of anilines is 1. The number of nitrogens with zero attached hydrogens (tertiary/aromatic N) is 3. The maximum absolute atomic E-state index is 12.5. The minimum atomic E-state index is -0.161. The standard InChI is InChI=1S/C21H28N4O3S2/c1-14-9-24(10-15(2)28-14)12-17-13-30-21(22-17)23-19(26)3-4-20(27)25-7-5-18-16(11-25)6-8-29-18/h6,8,13-15H,3-5,7,9-12H2,1-2H3,(H,22,23,26). The lowest BCUT2D eigenvalue weighted by Crippen LogP contribution is -2.44. The Morgan fingerprint density at radius 2 is 2.03 bits per heavy atom. The first kappa shape index (κ1) is 21.4. The summed E-state index contributed by atoms with van der Waals surface area (Å²) in [6.45, 7) is 8.09. The summed E-state index contributed by atoms with van der Waals surface area (Å²) in [4.78, 5) is 34.9. The molecule has 7 nitrogen and oxygen atoms in total. The Morgan fingerprint density at radius 3 is 2.83 bits per heavy atom. The number of rotatable bonds is 6. The number of amides is 2. The van der Waals surface area contributed by atoms with E-state index in [-0.39, 0.29) is 36.9 Å². The van der Waals surface area contributed by atoms with Crippen LogP contribution in [0.1, 0.15) is 42.8 Å². The number of ether oxygens (including phenoxy) is 1. The molecule has 2 aromatic heterocycles. The van der Waals surface area contributed by atoms with Crippen LogP contribution in [0, 0.1) is 0 Å². The molecule has 2 aromatic rings. The van der Waals surface area contributed by atoms with E-state index in [2.05, 4.69) is 40.5 Å². The van der Waals surface area contributed by atoms with Crippen LogP contribution in [0.3, 0.4) is 0 Å². The number of nitrogens with one attached hydrogen (secondary N) is 1. The molecule has 0 aliphatic carbocycles. The van der Waals surface area contributed by atoms with Gasteiger partial charge in [0, 0.05) is 55.8 Å². The molecule has 0 aromatic carbocycles. The van der Waals surface area contributed by atoms with Gasteiger partial charge >= 0.3 is 0 Å². The van der Waals surface area contributed by atoms with Crippen LogP contribution in [0.5, 0.6) is 0 Å². The summed E-state index contributed by atoms with van der Waals surface area (Å²) in [5, 5.41) is 7.50. The molecule has 4 heterocycles. The van der Waals surface area contributed by atoms with Gasteiger partial charge < -0.3 is 15.0 Å². The van der Waals surface area contributed by atoms with Gasteiger partial charge in [0.25, 0.3) is 0 Å². The topological polar surface area (TPSA) is 74.8 Å². The van der Waals surface area contributed by atoms with Crippen molar-refractivity contribution in [3.63, 3.8) is 0 Å². The van der Waals surface area contributed by atoms with E-state index in [0.29, 0.717) is 11.7 Å². The summed E-state index contributed by atoms with van der Waals surface area (Å²) in [5.41, 5.74) is 2.19. The van der Waals surface area contributed by atoms with E-state index in [1.807, 2.05) is 10.3 Å². The number of hydrogen-bond acceptors (Lipinski definition) is 7. The maximum Gasteiger partial charge on any atom is 0.226 e. The van der Waals surface area contributed by atoms with Crippen molar-refractivity contribution in [2.24, 2.45) is 0 Å². The highest BCUT2D eigenvalue weighted by atomic mass is 32.1. The first-order valence-electron chi connectivity index (χ1n) is 10.4. The summed E-state index contributed by atoms with van der Waals surface area (Å²) >= 11 is 3.18. The molecule has 0 spiro atoms. The third-order valence-corrected chi connectivity index (χ3v) is 7.23. The number of fused-ring (bicyclic) bond motifs is 1. The lowest BCUT2D eigenvalue weighted by molar-refractivity contribution is -0.133. The van der Waals surface area contributed by atoms with Crippen molar-refractivity contribution >= 4 is 39.6 Å². The Morgan fingerprint density at radius 1 is 1.23 bits per heavy atom. The highest BCUT2D eigenvalue weighted by Crippen LogP contribution is 2.24. The monoisotopic (exact) mass is 448 g/mol. The molecule has 162 valence electrons. The van der Waals surface area contributed by atoms with Gasteiger partial charge in [0.2, 0.25) is 11.8 Å². The fourth-order valence-electron chi connectivity index (χ4n) is 4.10. The van der Waals surface area contributed by atoms with Gasteiger partial charge in [-0.1, -0.05) is 0 Å². The minimum Gasteiger partial charge on any atom is -0.373 e. The van der Waals surface area contributed by atoms with Gasteiger partial charge in [-0.25, -0.2) is 4.98 Å². The van der Waals surface area contributed by atoms with Crippen LogP contribution in [0.4, 0.5) is 5.13 Å². The van der Waals surface area contributed by atoms with E-state index in [1.165, 1.54) is 21.8 Å². The fourth-order valence-corrected chi connectivity index (χ4v) is 5.71. The molecule has 1 saturated heterocycles. The third-order valence-electron chi connectivity index (χ3n) is 5.41. The van der Waals surface area contributed by atoms with Crippen molar-refractivity contribution in [1.82, 2.24) is 14.8 Å². The lowest BCUT2D eigenvalue weighted by Gasteiger charge is -2.34. The van der Waals surface area contributed by atoms with E-state index in [4.69, 9.17) is 4.74 Å². The summed E-state index contributed by atoms with van der Waals surface area (Å²) in [6.07, 6.45) is 1.76. The molecular weight excluding hydrogens is 420 g/mol. The largest absolute Gasteiger partial charge is 0.373 e. The average molecular weight is 449 g/mol. The van der Waals surface area contributed by atoms with Crippen LogP contribution in [0.2, 0.25) is 0 Å². The van der Waals surface area contributed by atoms with E-state index < -0.39 is 0 Å². The maximum atomic E-state index is 12.5. The van der Waals surface area contributed by atoms with E-state index in [0.717, 1.165) is 38.3 Å². The second-order valence-corrected chi connectivity index (χ2v) is 9.94.